The molecular formula is C19H22ClNO2S. The second-order valence-corrected chi connectivity index (χ2v) is 7.57. The number of carbonyl (C=O) groups excluding carboxylic acids is 1. The van der Waals surface area contributed by atoms with Crippen molar-refractivity contribution >= 4 is 28.8 Å². The summed E-state index contributed by atoms with van der Waals surface area (Å²) < 4.78 is 5.86. The monoisotopic (exact) mass is 363 g/mol. The molecule has 1 aromatic heterocycles. The van der Waals surface area contributed by atoms with Gasteiger partial charge in [0.05, 0.1) is 4.88 Å². The van der Waals surface area contributed by atoms with Crippen molar-refractivity contribution in [1.82, 2.24) is 4.90 Å². The molecule has 1 aliphatic heterocycles. The highest BCUT2D eigenvalue weighted by atomic mass is 35.5. The van der Waals surface area contributed by atoms with Crippen LogP contribution in [0.15, 0.2) is 29.6 Å². The maximum absolute atomic E-state index is 12.6. The molecule has 0 N–H and O–H groups in total. The number of ether oxygens (including phenoxy) is 1. The van der Waals surface area contributed by atoms with Crippen molar-refractivity contribution in [1.29, 1.82) is 0 Å². The van der Waals surface area contributed by atoms with Gasteiger partial charge in [-0.25, -0.2) is 0 Å². The normalized spacial score (nSPS) is 15.2. The molecule has 128 valence electrons. The zero-order valence-electron chi connectivity index (χ0n) is 13.9. The Balaban J connectivity index is 1.61. The van der Waals surface area contributed by atoms with E-state index in [9.17, 15) is 4.79 Å². The van der Waals surface area contributed by atoms with Gasteiger partial charge in [-0.3, -0.25) is 4.79 Å². The lowest BCUT2D eigenvalue weighted by Crippen LogP contribution is -2.31. The molecule has 3 rings (SSSR count). The van der Waals surface area contributed by atoms with E-state index in [0.717, 1.165) is 47.7 Å². The molecule has 24 heavy (non-hydrogen) atoms. The first-order valence-corrected chi connectivity index (χ1v) is 9.65. The number of likely N-dealkylation sites (tertiary alicyclic amines) is 1. The van der Waals surface area contributed by atoms with Crippen molar-refractivity contribution in [2.45, 2.75) is 39.2 Å². The molecule has 0 aliphatic carbocycles. The van der Waals surface area contributed by atoms with Gasteiger partial charge in [0, 0.05) is 23.7 Å². The average Bonchev–Trinajstić information content (AvgIpc) is 2.87. The standard InChI is InChI=1S/C19H22ClNO2S/c1-14-10-16(20)6-7-17(14)23-12-15-11-18(24-13-15)19(22)21-8-4-2-3-5-9-21/h6-7,10-11,13H,2-5,8-9,12H2,1H3. The zero-order chi connectivity index (χ0) is 16.9. The van der Waals surface area contributed by atoms with E-state index < -0.39 is 0 Å². The maximum atomic E-state index is 12.6. The van der Waals surface area contributed by atoms with Gasteiger partial charge in [0.2, 0.25) is 0 Å². The number of rotatable bonds is 4. The molecule has 0 bridgehead atoms. The van der Waals surface area contributed by atoms with Crippen LogP contribution < -0.4 is 4.74 Å². The summed E-state index contributed by atoms with van der Waals surface area (Å²) in [6.07, 6.45) is 4.69. The van der Waals surface area contributed by atoms with Gasteiger partial charge in [-0.2, -0.15) is 0 Å². The fourth-order valence-corrected chi connectivity index (χ4v) is 4.02. The highest BCUT2D eigenvalue weighted by Crippen LogP contribution is 2.24. The number of halogens is 1. The van der Waals surface area contributed by atoms with Gasteiger partial charge in [0.1, 0.15) is 12.4 Å². The molecule has 3 nitrogen and oxygen atoms in total. The fourth-order valence-electron chi connectivity index (χ4n) is 2.93. The van der Waals surface area contributed by atoms with Gasteiger partial charge in [-0.15, -0.1) is 11.3 Å². The van der Waals surface area contributed by atoms with Crippen molar-refractivity contribution in [3.8, 4) is 5.75 Å². The van der Waals surface area contributed by atoms with Crippen molar-refractivity contribution < 1.29 is 9.53 Å². The van der Waals surface area contributed by atoms with E-state index >= 15 is 0 Å². The number of hydrogen-bond acceptors (Lipinski definition) is 3. The average molecular weight is 364 g/mol. The van der Waals surface area contributed by atoms with E-state index in [4.69, 9.17) is 16.3 Å². The van der Waals surface area contributed by atoms with Gasteiger partial charge in [0.25, 0.3) is 5.91 Å². The fraction of sp³-hybridized carbons (Fsp3) is 0.421. The number of nitrogens with zero attached hydrogens (tertiary/aromatic N) is 1. The third-order valence-electron chi connectivity index (χ3n) is 4.29. The van der Waals surface area contributed by atoms with Crippen LogP contribution in [0.2, 0.25) is 5.02 Å². The molecule has 1 aromatic carbocycles. The number of amides is 1. The minimum Gasteiger partial charge on any atom is -0.489 e. The lowest BCUT2D eigenvalue weighted by Gasteiger charge is -2.19. The Kier molecular flexibility index (Phi) is 5.80. The van der Waals surface area contributed by atoms with E-state index in [1.165, 1.54) is 24.2 Å². The lowest BCUT2D eigenvalue weighted by atomic mass is 10.2. The number of hydrogen-bond donors (Lipinski definition) is 0. The van der Waals surface area contributed by atoms with Crippen LogP contribution in [0.3, 0.4) is 0 Å². The highest BCUT2D eigenvalue weighted by Gasteiger charge is 2.19. The van der Waals surface area contributed by atoms with Crippen molar-refractivity contribution in [3.05, 3.63) is 50.7 Å². The smallest absolute Gasteiger partial charge is 0.263 e. The molecule has 0 spiro atoms. The molecule has 0 unspecified atom stereocenters. The first-order valence-electron chi connectivity index (χ1n) is 8.39. The van der Waals surface area contributed by atoms with Crippen LogP contribution in [-0.2, 0) is 6.61 Å². The van der Waals surface area contributed by atoms with Crippen LogP contribution in [-0.4, -0.2) is 23.9 Å². The first-order chi connectivity index (χ1) is 11.6. The Morgan fingerprint density at radius 2 is 1.96 bits per heavy atom. The number of carbonyl (C=O) groups is 1. The molecule has 2 heterocycles. The van der Waals surface area contributed by atoms with Gasteiger partial charge in [-0.05, 0) is 55.0 Å². The number of aryl methyl sites for hydroxylation is 1. The Labute approximate surface area is 152 Å². The summed E-state index contributed by atoms with van der Waals surface area (Å²) >= 11 is 7.47. The molecule has 1 aliphatic rings. The summed E-state index contributed by atoms with van der Waals surface area (Å²) in [4.78, 5) is 15.4. The van der Waals surface area contributed by atoms with Crippen molar-refractivity contribution in [3.63, 3.8) is 0 Å². The number of benzene rings is 1. The number of thiophene rings is 1. The van der Waals surface area contributed by atoms with Gasteiger partial charge in [0.15, 0.2) is 0 Å². The van der Waals surface area contributed by atoms with Crippen LogP contribution >= 0.6 is 22.9 Å². The summed E-state index contributed by atoms with van der Waals surface area (Å²) in [7, 11) is 0. The van der Waals surface area contributed by atoms with Crippen LogP contribution in [0.5, 0.6) is 5.75 Å². The summed E-state index contributed by atoms with van der Waals surface area (Å²) in [6, 6.07) is 7.56. The van der Waals surface area contributed by atoms with Crippen LogP contribution in [0.1, 0.15) is 46.5 Å². The predicted octanol–water partition coefficient (Wildman–Crippen LogP) is 5.31. The van der Waals surface area contributed by atoms with Crippen LogP contribution in [0.25, 0.3) is 0 Å². The SMILES string of the molecule is Cc1cc(Cl)ccc1OCc1csc(C(=O)N2CCCCCC2)c1. The van der Waals surface area contributed by atoms with Crippen molar-refractivity contribution in [2.75, 3.05) is 13.1 Å². The van der Waals surface area contributed by atoms with E-state index in [2.05, 4.69) is 0 Å². The minimum absolute atomic E-state index is 0.163. The molecule has 0 saturated carbocycles. The van der Waals surface area contributed by atoms with E-state index in [1.54, 1.807) is 0 Å². The first kappa shape index (κ1) is 17.3. The zero-order valence-corrected chi connectivity index (χ0v) is 15.5. The van der Waals surface area contributed by atoms with Gasteiger partial charge in [-0.1, -0.05) is 24.4 Å². The summed E-state index contributed by atoms with van der Waals surface area (Å²) in [5, 5.41) is 2.72. The molecule has 1 saturated heterocycles. The predicted molar refractivity (Wildman–Crippen MR) is 99.2 cm³/mol. The summed E-state index contributed by atoms with van der Waals surface area (Å²) in [6.45, 7) is 4.20. The quantitative estimate of drug-likeness (QED) is 0.737. The van der Waals surface area contributed by atoms with Crippen LogP contribution in [0.4, 0.5) is 0 Å². The van der Waals surface area contributed by atoms with Gasteiger partial charge < -0.3 is 9.64 Å². The van der Waals surface area contributed by atoms with Crippen LogP contribution in [0, 0.1) is 6.92 Å². The molecule has 1 amide bonds. The molecule has 0 radical (unpaired) electrons. The Bertz CT molecular complexity index is 705. The van der Waals surface area contributed by atoms with E-state index in [0.29, 0.717) is 11.6 Å². The molecule has 0 atom stereocenters. The minimum atomic E-state index is 0.163. The van der Waals surface area contributed by atoms with Crippen molar-refractivity contribution in [2.24, 2.45) is 0 Å². The van der Waals surface area contributed by atoms with E-state index in [-0.39, 0.29) is 5.91 Å². The Morgan fingerprint density at radius 1 is 1.21 bits per heavy atom. The van der Waals surface area contributed by atoms with Gasteiger partial charge >= 0.3 is 0 Å². The topological polar surface area (TPSA) is 29.5 Å². The second-order valence-electron chi connectivity index (χ2n) is 6.22. The molecule has 5 heteroatoms. The Morgan fingerprint density at radius 3 is 2.67 bits per heavy atom. The molecular weight excluding hydrogens is 342 g/mol. The third kappa shape index (κ3) is 4.31. The third-order valence-corrected chi connectivity index (χ3v) is 5.49. The second kappa shape index (κ2) is 8.04. The highest BCUT2D eigenvalue weighted by molar-refractivity contribution is 7.12. The lowest BCUT2D eigenvalue weighted by molar-refractivity contribution is 0.0766. The summed E-state index contributed by atoms with van der Waals surface area (Å²) in [5.74, 6) is 0.988. The van der Waals surface area contributed by atoms with E-state index in [1.807, 2.05) is 41.5 Å². The molecule has 2 aromatic rings. The Hall–Kier alpha value is -1.52. The maximum Gasteiger partial charge on any atom is 0.263 e. The summed E-state index contributed by atoms with van der Waals surface area (Å²) in [5.41, 5.74) is 2.05. The largest absolute Gasteiger partial charge is 0.489 e. The molecule has 1 fully saturated rings.